The third-order valence-corrected chi connectivity index (χ3v) is 4.08. The molecule has 0 heterocycles. The summed E-state index contributed by atoms with van der Waals surface area (Å²) >= 11 is 2.10. The van der Waals surface area contributed by atoms with Crippen molar-refractivity contribution >= 4 is 40.4 Å². The van der Waals surface area contributed by atoms with Crippen LogP contribution in [0.5, 0.6) is 11.5 Å². The number of carbonyl (C=O) groups excluding carboxylic acids is 1. The van der Waals surface area contributed by atoms with Crippen molar-refractivity contribution in [2.24, 2.45) is 5.10 Å². The zero-order valence-electron chi connectivity index (χ0n) is 13.4. The van der Waals surface area contributed by atoms with Crippen molar-refractivity contribution in [1.29, 1.82) is 0 Å². The fraction of sp³-hybridized carbons (Fsp3) is 0.125. The van der Waals surface area contributed by atoms with Gasteiger partial charge in [-0.3, -0.25) is 14.9 Å². The molecule has 0 unspecified atom stereocenters. The van der Waals surface area contributed by atoms with Crippen LogP contribution in [-0.2, 0) is 0 Å². The van der Waals surface area contributed by atoms with Gasteiger partial charge in [0.1, 0.15) is 5.75 Å². The summed E-state index contributed by atoms with van der Waals surface area (Å²) in [6.45, 7) is 0. The Morgan fingerprint density at radius 3 is 2.56 bits per heavy atom. The molecular weight excluding hydrogens is 441 g/mol. The molecule has 1 amide bonds. The Labute approximate surface area is 157 Å². The number of hydrogen-bond donors (Lipinski definition) is 1. The second kappa shape index (κ2) is 8.42. The summed E-state index contributed by atoms with van der Waals surface area (Å²) in [6, 6.07) is 9.37. The van der Waals surface area contributed by atoms with Crippen molar-refractivity contribution in [3.05, 3.63) is 61.2 Å². The van der Waals surface area contributed by atoms with Crippen molar-refractivity contribution in [2.45, 2.75) is 0 Å². The smallest absolute Gasteiger partial charge is 0.311 e. The highest BCUT2D eigenvalue weighted by Crippen LogP contribution is 2.26. The Hall–Kier alpha value is -2.69. The second-order valence-corrected chi connectivity index (χ2v) is 5.90. The van der Waals surface area contributed by atoms with Gasteiger partial charge in [0.15, 0.2) is 5.75 Å². The summed E-state index contributed by atoms with van der Waals surface area (Å²) in [6.07, 6.45) is 1.31. The predicted molar refractivity (Wildman–Crippen MR) is 100 cm³/mol. The molecule has 0 aromatic heterocycles. The standard InChI is InChI=1S/C16H14IN3O5/c1-24-14-6-3-10(7-13(14)20(22)23)9-18-19-16(21)11-4-5-12(17)15(8-11)25-2/h3-9H,1-2H3,(H,19,21)/b18-9-. The number of halogens is 1. The molecule has 1 N–H and O–H groups in total. The summed E-state index contributed by atoms with van der Waals surface area (Å²) in [7, 11) is 2.87. The number of ether oxygens (including phenoxy) is 2. The average molecular weight is 455 g/mol. The first-order chi connectivity index (χ1) is 12.0. The third kappa shape index (κ3) is 4.66. The molecule has 2 rings (SSSR count). The number of hydrogen-bond acceptors (Lipinski definition) is 6. The molecule has 0 saturated heterocycles. The first-order valence-electron chi connectivity index (χ1n) is 6.95. The van der Waals surface area contributed by atoms with E-state index in [1.165, 1.54) is 32.6 Å². The van der Waals surface area contributed by atoms with Gasteiger partial charge in [-0.2, -0.15) is 5.10 Å². The van der Waals surface area contributed by atoms with E-state index in [4.69, 9.17) is 9.47 Å². The van der Waals surface area contributed by atoms with E-state index in [0.29, 0.717) is 16.9 Å². The van der Waals surface area contributed by atoms with Crippen molar-refractivity contribution in [3.63, 3.8) is 0 Å². The maximum absolute atomic E-state index is 12.1. The summed E-state index contributed by atoms with van der Waals surface area (Å²) in [5.41, 5.74) is 3.02. The van der Waals surface area contributed by atoms with Gasteiger partial charge in [0.25, 0.3) is 5.91 Å². The molecule has 25 heavy (non-hydrogen) atoms. The molecular formula is C16H14IN3O5. The lowest BCUT2D eigenvalue weighted by Crippen LogP contribution is -2.17. The van der Waals surface area contributed by atoms with Crippen molar-refractivity contribution in [3.8, 4) is 11.5 Å². The normalized spacial score (nSPS) is 10.5. The number of nitrogens with one attached hydrogen (secondary N) is 1. The molecule has 0 saturated carbocycles. The van der Waals surface area contributed by atoms with Crippen LogP contribution in [0, 0.1) is 13.7 Å². The zero-order chi connectivity index (χ0) is 18.4. The third-order valence-electron chi connectivity index (χ3n) is 3.19. The summed E-state index contributed by atoms with van der Waals surface area (Å²) in [4.78, 5) is 22.5. The lowest BCUT2D eigenvalue weighted by atomic mass is 10.2. The molecule has 2 aromatic rings. The SMILES string of the molecule is COc1cc(C(=O)N/N=C\c2ccc(OC)c([N+](=O)[O-])c2)ccc1I. The number of hydrazone groups is 1. The zero-order valence-corrected chi connectivity index (χ0v) is 15.5. The number of carbonyl (C=O) groups is 1. The van der Waals surface area contributed by atoms with Gasteiger partial charge in [-0.05, 0) is 52.9 Å². The number of nitro benzene ring substituents is 1. The highest BCUT2D eigenvalue weighted by Gasteiger charge is 2.14. The Kier molecular flexibility index (Phi) is 6.28. The molecule has 0 aliphatic heterocycles. The van der Waals surface area contributed by atoms with Crippen LogP contribution >= 0.6 is 22.6 Å². The van der Waals surface area contributed by atoms with Crippen LogP contribution in [0.4, 0.5) is 5.69 Å². The van der Waals surface area contributed by atoms with E-state index >= 15 is 0 Å². The van der Waals surface area contributed by atoms with E-state index in [2.05, 4.69) is 33.1 Å². The molecule has 0 spiro atoms. The summed E-state index contributed by atoms with van der Waals surface area (Å²) in [5, 5.41) is 14.8. The van der Waals surface area contributed by atoms with Gasteiger partial charge < -0.3 is 9.47 Å². The van der Waals surface area contributed by atoms with Gasteiger partial charge >= 0.3 is 5.69 Å². The number of benzene rings is 2. The predicted octanol–water partition coefficient (Wildman–Crippen LogP) is 2.98. The average Bonchev–Trinajstić information content (AvgIpc) is 2.61. The Morgan fingerprint density at radius 1 is 1.20 bits per heavy atom. The molecule has 0 radical (unpaired) electrons. The van der Waals surface area contributed by atoms with E-state index in [0.717, 1.165) is 3.57 Å². The molecule has 0 atom stereocenters. The van der Waals surface area contributed by atoms with E-state index in [1.807, 2.05) is 0 Å². The highest BCUT2D eigenvalue weighted by atomic mass is 127. The summed E-state index contributed by atoms with van der Waals surface area (Å²) in [5.74, 6) is 0.314. The van der Waals surface area contributed by atoms with Gasteiger partial charge in [0.2, 0.25) is 0 Å². The van der Waals surface area contributed by atoms with Crippen LogP contribution in [0.3, 0.4) is 0 Å². The molecule has 2 aromatic carbocycles. The topological polar surface area (TPSA) is 103 Å². The minimum atomic E-state index is -0.549. The number of nitrogens with zero attached hydrogens (tertiary/aromatic N) is 2. The van der Waals surface area contributed by atoms with Gasteiger partial charge in [-0.1, -0.05) is 0 Å². The molecule has 0 aliphatic rings. The largest absolute Gasteiger partial charge is 0.496 e. The van der Waals surface area contributed by atoms with Gasteiger partial charge in [-0.15, -0.1) is 0 Å². The second-order valence-electron chi connectivity index (χ2n) is 4.74. The first kappa shape index (κ1) is 18.6. The maximum atomic E-state index is 12.1. The fourth-order valence-electron chi connectivity index (χ4n) is 1.96. The minimum absolute atomic E-state index is 0.150. The van der Waals surface area contributed by atoms with Crippen molar-refractivity contribution < 1.29 is 19.2 Å². The summed E-state index contributed by atoms with van der Waals surface area (Å²) < 4.78 is 11.0. The Balaban J connectivity index is 2.11. The molecule has 9 heteroatoms. The highest BCUT2D eigenvalue weighted by molar-refractivity contribution is 14.1. The quantitative estimate of drug-likeness (QED) is 0.312. The van der Waals surface area contributed by atoms with Gasteiger partial charge in [0, 0.05) is 17.2 Å². The minimum Gasteiger partial charge on any atom is -0.496 e. The monoisotopic (exact) mass is 455 g/mol. The van der Waals surface area contributed by atoms with E-state index < -0.39 is 10.8 Å². The van der Waals surface area contributed by atoms with Crippen LogP contribution < -0.4 is 14.9 Å². The van der Waals surface area contributed by atoms with E-state index in [1.54, 1.807) is 24.3 Å². The number of nitro groups is 1. The Morgan fingerprint density at radius 2 is 1.92 bits per heavy atom. The molecule has 130 valence electrons. The first-order valence-corrected chi connectivity index (χ1v) is 8.03. The molecule has 0 aliphatic carbocycles. The maximum Gasteiger partial charge on any atom is 0.311 e. The van der Waals surface area contributed by atoms with Crippen LogP contribution in [0.15, 0.2) is 41.5 Å². The fourth-order valence-corrected chi connectivity index (χ4v) is 2.52. The van der Waals surface area contributed by atoms with Crippen molar-refractivity contribution in [1.82, 2.24) is 5.43 Å². The molecule has 8 nitrogen and oxygen atoms in total. The number of methoxy groups -OCH3 is 2. The Bertz CT molecular complexity index is 839. The number of rotatable bonds is 6. The van der Waals surface area contributed by atoms with Gasteiger partial charge in [0.05, 0.1) is 28.9 Å². The lowest BCUT2D eigenvalue weighted by Gasteiger charge is -2.05. The van der Waals surface area contributed by atoms with Crippen LogP contribution in [-0.4, -0.2) is 31.3 Å². The lowest BCUT2D eigenvalue weighted by molar-refractivity contribution is -0.385. The van der Waals surface area contributed by atoms with Crippen LogP contribution in [0.25, 0.3) is 0 Å². The van der Waals surface area contributed by atoms with E-state index in [9.17, 15) is 14.9 Å². The molecule has 0 bridgehead atoms. The van der Waals surface area contributed by atoms with Gasteiger partial charge in [-0.25, -0.2) is 5.43 Å². The number of amides is 1. The van der Waals surface area contributed by atoms with E-state index in [-0.39, 0.29) is 11.4 Å². The van der Waals surface area contributed by atoms with Crippen molar-refractivity contribution in [2.75, 3.05) is 14.2 Å². The van der Waals surface area contributed by atoms with Crippen LogP contribution in [0.1, 0.15) is 15.9 Å². The molecule has 0 fully saturated rings. The van der Waals surface area contributed by atoms with Crippen LogP contribution in [0.2, 0.25) is 0 Å².